The van der Waals surface area contributed by atoms with Gasteiger partial charge in [-0.25, -0.2) is 13.1 Å². The molecule has 130 valence electrons. The van der Waals surface area contributed by atoms with E-state index in [1.165, 1.54) is 24.8 Å². The lowest BCUT2D eigenvalue weighted by molar-refractivity contribution is -0.114. The van der Waals surface area contributed by atoms with Gasteiger partial charge in [0.2, 0.25) is 15.9 Å². The van der Waals surface area contributed by atoms with Gasteiger partial charge in [-0.1, -0.05) is 20.8 Å². The third-order valence-corrected chi connectivity index (χ3v) is 6.25. The van der Waals surface area contributed by atoms with Crippen LogP contribution < -0.4 is 10.0 Å². The third-order valence-electron chi connectivity index (χ3n) is 2.72. The number of sulfonamides is 1. The number of rotatable bonds is 7. The van der Waals surface area contributed by atoms with Gasteiger partial charge in [-0.05, 0) is 24.5 Å². The molecular weight excluding hydrogens is 352 g/mol. The van der Waals surface area contributed by atoms with E-state index in [-0.39, 0.29) is 15.5 Å². The molecule has 1 rings (SSSR count). The van der Waals surface area contributed by atoms with Crippen molar-refractivity contribution in [1.82, 2.24) is 4.72 Å². The van der Waals surface area contributed by atoms with Crippen molar-refractivity contribution in [3.05, 3.63) is 18.2 Å². The number of hydrogen-bond acceptors (Lipinski definition) is 5. The molecule has 0 aromatic heterocycles. The van der Waals surface area contributed by atoms with Gasteiger partial charge in [-0.15, -0.1) is 11.8 Å². The topological polar surface area (TPSA) is 75.3 Å². The van der Waals surface area contributed by atoms with Crippen LogP contribution in [0.4, 0.5) is 5.69 Å². The first-order valence-corrected chi connectivity index (χ1v) is 10.8. The quantitative estimate of drug-likeness (QED) is 0.565. The maximum absolute atomic E-state index is 12.4. The number of hydrogen-bond donors (Lipinski definition) is 2. The highest BCUT2D eigenvalue weighted by Gasteiger charge is 2.17. The summed E-state index contributed by atoms with van der Waals surface area (Å²) in [5.41, 5.74) is 0.511. The van der Waals surface area contributed by atoms with Gasteiger partial charge in [0.1, 0.15) is 0 Å². The highest BCUT2D eigenvalue weighted by atomic mass is 32.2. The summed E-state index contributed by atoms with van der Waals surface area (Å²) >= 11 is 3.15. The van der Waals surface area contributed by atoms with Crippen molar-refractivity contribution in [2.75, 3.05) is 23.9 Å². The zero-order valence-electron chi connectivity index (χ0n) is 14.1. The molecule has 2 N–H and O–H groups in total. The molecular formula is C15H24N2O3S3. The van der Waals surface area contributed by atoms with Crippen LogP contribution in [-0.2, 0) is 14.8 Å². The van der Waals surface area contributed by atoms with E-state index in [0.717, 1.165) is 4.90 Å². The molecule has 1 aromatic carbocycles. The van der Waals surface area contributed by atoms with Crippen LogP contribution in [0.25, 0.3) is 0 Å². The Labute approximate surface area is 147 Å². The van der Waals surface area contributed by atoms with Gasteiger partial charge in [-0.3, -0.25) is 4.79 Å². The van der Waals surface area contributed by atoms with Crippen LogP contribution in [0.1, 0.15) is 27.7 Å². The first kappa shape index (κ1) is 20.3. The fourth-order valence-corrected chi connectivity index (χ4v) is 4.30. The van der Waals surface area contributed by atoms with E-state index in [0.29, 0.717) is 18.0 Å². The van der Waals surface area contributed by atoms with E-state index >= 15 is 0 Å². The Morgan fingerprint density at radius 1 is 1.26 bits per heavy atom. The fraction of sp³-hybridized carbons (Fsp3) is 0.533. The Morgan fingerprint density at radius 3 is 2.43 bits per heavy atom. The summed E-state index contributed by atoms with van der Waals surface area (Å²) in [7, 11) is -3.59. The highest BCUT2D eigenvalue weighted by Crippen LogP contribution is 2.28. The second-order valence-corrected chi connectivity index (χ2v) is 10.4. The van der Waals surface area contributed by atoms with E-state index in [1.54, 1.807) is 23.9 Å². The summed E-state index contributed by atoms with van der Waals surface area (Å²) in [6.07, 6.45) is 1.87. The van der Waals surface area contributed by atoms with Crippen molar-refractivity contribution in [3.8, 4) is 0 Å². The van der Waals surface area contributed by atoms with Gasteiger partial charge in [-0.2, -0.15) is 11.8 Å². The molecule has 0 unspecified atom stereocenters. The van der Waals surface area contributed by atoms with Crippen molar-refractivity contribution in [3.63, 3.8) is 0 Å². The highest BCUT2D eigenvalue weighted by molar-refractivity contribution is 8.00. The first-order valence-electron chi connectivity index (χ1n) is 7.14. The van der Waals surface area contributed by atoms with Crippen LogP contribution in [0.2, 0.25) is 0 Å². The van der Waals surface area contributed by atoms with Gasteiger partial charge in [0.25, 0.3) is 0 Å². The maximum atomic E-state index is 12.4. The summed E-state index contributed by atoms with van der Waals surface area (Å²) in [6, 6.07) is 4.75. The molecule has 0 aliphatic carbocycles. The predicted octanol–water partition coefficient (Wildman–Crippen LogP) is 3.18. The van der Waals surface area contributed by atoms with Crippen molar-refractivity contribution in [1.29, 1.82) is 0 Å². The summed E-state index contributed by atoms with van der Waals surface area (Å²) < 4.78 is 27.4. The van der Waals surface area contributed by atoms with E-state index in [2.05, 4.69) is 30.8 Å². The Kier molecular flexibility index (Phi) is 7.44. The molecule has 1 aromatic rings. The summed E-state index contributed by atoms with van der Waals surface area (Å²) in [6.45, 7) is 8.03. The zero-order valence-corrected chi connectivity index (χ0v) is 16.5. The molecule has 8 heteroatoms. The van der Waals surface area contributed by atoms with E-state index in [9.17, 15) is 13.2 Å². The van der Waals surface area contributed by atoms with Crippen LogP contribution in [0.5, 0.6) is 0 Å². The number of benzene rings is 1. The Hall–Kier alpha value is -0.700. The van der Waals surface area contributed by atoms with E-state index in [1.807, 2.05) is 6.26 Å². The molecule has 0 saturated carbocycles. The largest absolute Gasteiger partial charge is 0.325 e. The lowest BCUT2D eigenvalue weighted by atomic mass is 10.3. The summed E-state index contributed by atoms with van der Waals surface area (Å²) in [4.78, 5) is 12.2. The van der Waals surface area contributed by atoms with Crippen molar-refractivity contribution < 1.29 is 13.2 Å². The Morgan fingerprint density at radius 2 is 1.91 bits per heavy atom. The SMILES string of the molecule is CSc1ccc(S(=O)(=O)NCCSC(C)(C)C)cc1NC(C)=O. The van der Waals surface area contributed by atoms with E-state index in [4.69, 9.17) is 0 Å². The smallest absolute Gasteiger partial charge is 0.240 e. The van der Waals surface area contributed by atoms with Crippen LogP contribution in [-0.4, -0.2) is 37.6 Å². The van der Waals surface area contributed by atoms with Crippen LogP contribution in [0, 0.1) is 0 Å². The van der Waals surface area contributed by atoms with Gasteiger partial charge in [0.15, 0.2) is 0 Å². The Bertz CT molecular complexity index is 652. The van der Waals surface area contributed by atoms with Crippen molar-refractivity contribution in [2.45, 2.75) is 42.2 Å². The lowest BCUT2D eigenvalue weighted by Crippen LogP contribution is -2.27. The van der Waals surface area contributed by atoms with Gasteiger partial charge in [0, 0.05) is 28.9 Å². The number of nitrogens with one attached hydrogen (secondary N) is 2. The maximum Gasteiger partial charge on any atom is 0.240 e. The van der Waals surface area contributed by atoms with E-state index < -0.39 is 10.0 Å². The first-order chi connectivity index (χ1) is 10.5. The van der Waals surface area contributed by atoms with Gasteiger partial charge < -0.3 is 5.32 Å². The second-order valence-electron chi connectivity index (χ2n) is 5.90. The van der Waals surface area contributed by atoms with Crippen LogP contribution in [0.3, 0.4) is 0 Å². The van der Waals surface area contributed by atoms with Gasteiger partial charge in [0.05, 0.1) is 10.6 Å². The molecule has 1 amide bonds. The predicted molar refractivity (Wildman–Crippen MR) is 99.9 cm³/mol. The molecule has 5 nitrogen and oxygen atoms in total. The number of carbonyl (C=O) groups is 1. The normalized spacial score (nSPS) is 12.2. The molecule has 0 bridgehead atoms. The number of amides is 1. The molecule has 0 aliphatic rings. The average molecular weight is 377 g/mol. The molecule has 0 radical (unpaired) electrons. The number of thioether (sulfide) groups is 2. The molecule has 0 heterocycles. The lowest BCUT2D eigenvalue weighted by Gasteiger charge is -2.17. The molecule has 0 fully saturated rings. The minimum atomic E-state index is -3.59. The summed E-state index contributed by atoms with van der Waals surface area (Å²) in [5, 5.41) is 2.67. The number of anilines is 1. The molecule has 23 heavy (non-hydrogen) atoms. The minimum Gasteiger partial charge on any atom is -0.325 e. The van der Waals surface area contributed by atoms with Crippen LogP contribution in [0.15, 0.2) is 28.0 Å². The standard InChI is InChI=1S/C15H24N2O3S3/c1-11(18)17-13-10-12(6-7-14(13)21-5)23(19,20)16-8-9-22-15(2,3)4/h6-7,10,16H,8-9H2,1-5H3,(H,17,18). The molecule has 0 atom stereocenters. The molecule has 0 saturated heterocycles. The monoisotopic (exact) mass is 376 g/mol. The summed E-state index contributed by atoms with van der Waals surface area (Å²) in [5.74, 6) is 0.467. The van der Waals surface area contributed by atoms with Gasteiger partial charge >= 0.3 is 0 Å². The second kappa shape index (κ2) is 8.41. The van der Waals surface area contributed by atoms with Crippen molar-refractivity contribution in [2.24, 2.45) is 0 Å². The van der Waals surface area contributed by atoms with Crippen molar-refractivity contribution >= 4 is 45.1 Å². The molecule has 0 spiro atoms. The average Bonchev–Trinajstić information content (AvgIpc) is 2.42. The molecule has 0 aliphatic heterocycles. The third kappa shape index (κ3) is 7.15. The zero-order chi connectivity index (χ0) is 17.7. The Balaban J connectivity index is 2.85. The minimum absolute atomic E-state index is 0.101. The fourth-order valence-electron chi connectivity index (χ4n) is 1.76. The van der Waals surface area contributed by atoms with Crippen LogP contribution >= 0.6 is 23.5 Å². The number of carbonyl (C=O) groups excluding carboxylic acids is 1.